The van der Waals surface area contributed by atoms with Crippen molar-refractivity contribution in [1.82, 2.24) is 10.9 Å². The molecular formula is C16H13ClN2O2. The van der Waals surface area contributed by atoms with Gasteiger partial charge in [-0.05, 0) is 35.9 Å². The Balaban J connectivity index is 1.86. The van der Waals surface area contributed by atoms with Crippen molar-refractivity contribution in [2.24, 2.45) is 0 Å². The summed E-state index contributed by atoms with van der Waals surface area (Å²) >= 11 is 5.84. The number of carbonyl (C=O) groups excluding carboxylic acids is 2. The van der Waals surface area contributed by atoms with Crippen molar-refractivity contribution in [2.75, 3.05) is 0 Å². The molecule has 5 heteroatoms. The standard InChI is InChI=1S/C16H13ClN2O2/c17-14-8-4-5-12(11-14)9-10-15(20)18-19-16(21)13-6-2-1-3-7-13/h1-11H,(H,18,20)(H,19,21)/b10-9+. The van der Waals surface area contributed by atoms with E-state index in [-0.39, 0.29) is 5.91 Å². The number of hydrazine groups is 1. The van der Waals surface area contributed by atoms with Crippen LogP contribution in [-0.2, 0) is 4.79 Å². The normalized spacial score (nSPS) is 10.3. The summed E-state index contributed by atoms with van der Waals surface area (Å²) in [4.78, 5) is 23.3. The summed E-state index contributed by atoms with van der Waals surface area (Å²) in [6.45, 7) is 0. The second-order valence-corrected chi connectivity index (χ2v) is 4.63. The molecule has 0 spiro atoms. The Morgan fingerprint density at radius 2 is 1.71 bits per heavy atom. The highest BCUT2D eigenvalue weighted by Gasteiger charge is 2.04. The van der Waals surface area contributed by atoms with Crippen LogP contribution in [0, 0.1) is 0 Å². The Kier molecular flexibility index (Phi) is 5.12. The minimum absolute atomic E-state index is 0.375. The largest absolute Gasteiger partial charge is 0.269 e. The topological polar surface area (TPSA) is 58.2 Å². The van der Waals surface area contributed by atoms with Crippen LogP contribution < -0.4 is 10.9 Å². The number of nitrogens with one attached hydrogen (secondary N) is 2. The third-order valence-electron chi connectivity index (χ3n) is 2.61. The highest BCUT2D eigenvalue weighted by molar-refractivity contribution is 6.30. The first kappa shape index (κ1) is 14.8. The molecular weight excluding hydrogens is 288 g/mol. The molecule has 0 bridgehead atoms. The molecule has 0 aliphatic carbocycles. The van der Waals surface area contributed by atoms with Gasteiger partial charge in [0.05, 0.1) is 0 Å². The number of amides is 2. The molecule has 2 amide bonds. The lowest BCUT2D eigenvalue weighted by molar-refractivity contribution is -0.117. The number of hydrogen-bond acceptors (Lipinski definition) is 2. The van der Waals surface area contributed by atoms with E-state index in [0.29, 0.717) is 10.6 Å². The molecule has 0 heterocycles. The van der Waals surface area contributed by atoms with Crippen LogP contribution in [0.1, 0.15) is 15.9 Å². The number of hydrogen-bond donors (Lipinski definition) is 2. The van der Waals surface area contributed by atoms with Gasteiger partial charge in [0.15, 0.2) is 0 Å². The smallest absolute Gasteiger partial charge is 0.268 e. The van der Waals surface area contributed by atoms with Crippen molar-refractivity contribution in [3.05, 3.63) is 76.8 Å². The highest BCUT2D eigenvalue weighted by atomic mass is 35.5. The Labute approximate surface area is 127 Å². The first-order chi connectivity index (χ1) is 10.1. The van der Waals surface area contributed by atoms with Crippen LogP contribution in [0.15, 0.2) is 60.7 Å². The van der Waals surface area contributed by atoms with E-state index in [1.807, 2.05) is 12.1 Å². The Morgan fingerprint density at radius 1 is 0.952 bits per heavy atom. The van der Waals surface area contributed by atoms with Gasteiger partial charge in [-0.1, -0.05) is 41.9 Å². The number of carbonyl (C=O) groups is 2. The molecule has 2 aromatic carbocycles. The molecule has 4 nitrogen and oxygen atoms in total. The first-order valence-corrected chi connectivity index (χ1v) is 6.62. The van der Waals surface area contributed by atoms with Crippen LogP contribution in [0.4, 0.5) is 0 Å². The third kappa shape index (κ3) is 4.78. The molecule has 0 saturated carbocycles. The summed E-state index contributed by atoms with van der Waals surface area (Å²) in [5.41, 5.74) is 5.91. The SMILES string of the molecule is O=C(/C=C/c1cccc(Cl)c1)NNC(=O)c1ccccc1. The number of rotatable bonds is 3. The van der Waals surface area contributed by atoms with Crippen molar-refractivity contribution in [2.45, 2.75) is 0 Å². The Morgan fingerprint density at radius 3 is 2.43 bits per heavy atom. The van der Waals surface area contributed by atoms with E-state index in [1.165, 1.54) is 6.08 Å². The van der Waals surface area contributed by atoms with Gasteiger partial charge in [-0.25, -0.2) is 0 Å². The zero-order valence-corrected chi connectivity index (χ0v) is 11.8. The van der Waals surface area contributed by atoms with Crippen molar-refractivity contribution in [1.29, 1.82) is 0 Å². The van der Waals surface area contributed by atoms with Crippen LogP contribution in [-0.4, -0.2) is 11.8 Å². The van der Waals surface area contributed by atoms with Crippen LogP contribution in [0.25, 0.3) is 6.08 Å². The maximum atomic E-state index is 11.7. The van der Waals surface area contributed by atoms with Gasteiger partial charge in [-0.3, -0.25) is 20.4 Å². The molecule has 0 aliphatic heterocycles. The van der Waals surface area contributed by atoms with Gasteiger partial charge in [-0.2, -0.15) is 0 Å². The molecule has 2 rings (SSSR count). The highest BCUT2D eigenvalue weighted by Crippen LogP contribution is 2.11. The first-order valence-electron chi connectivity index (χ1n) is 6.24. The Hall–Kier alpha value is -2.59. The molecule has 0 saturated heterocycles. The molecule has 106 valence electrons. The minimum atomic E-state index is -0.431. The lowest BCUT2D eigenvalue weighted by Crippen LogP contribution is -2.40. The van der Waals surface area contributed by atoms with Gasteiger partial charge in [0.1, 0.15) is 0 Å². The molecule has 0 fully saturated rings. The van der Waals surface area contributed by atoms with Crippen molar-refractivity contribution in [3.63, 3.8) is 0 Å². The monoisotopic (exact) mass is 300 g/mol. The molecule has 0 radical (unpaired) electrons. The van der Waals surface area contributed by atoms with Crippen molar-refractivity contribution in [3.8, 4) is 0 Å². The van der Waals surface area contributed by atoms with Gasteiger partial charge in [0.2, 0.25) is 0 Å². The maximum Gasteiger partial charge on any atom is 0.269 e. The van der Waals surface area contributed by atoms with E-state index in [9.17, 15) is 9.59 Å². The average molecular weight is 301 g/mol. The summed E-state index contributed by atoms with van der Waals surface area (Å²) in [5, 5.41) is 0.593. The molecule has 2 aromatic rings. The summed E-state index contributed by atoms with van der Waals surface area (Å²) in [5.74, 6) is -0.806. The molecule has 0 aromatic heterocycles. The van der Waals surface area contributed by atoms with Crippen molar-refractivity contribution >= 4 is 29.5 Å². The van der Waals surface area contributed by atoms with Crippen molar-refractivity contribution < 1.29 is 9.59 Å². The van der Waals surface area contributed by atoms with E-state index in [1.54, 1.807) is 48.5 Å². The molecule has 0 aliphatic rings. The maximum absolute atomic E-state index is 11.7. The lowest BCUT2D eigenvalue weighted by atomic mass is 10.2. The quantitative estimate of drug-likeness (QED) is 0.676. The van der Waals surface area contributed by atoms with E-state index in [4.69, 9.17) is 11.6 Å². The van der Waals surface area contributed by atoms with Gasteiger partial charge < -0.3 is 0 Å². The molecule has 0 unspecified atom stereocenters. The summed E-state index contributed by atoms with van der Waals surface area (Å²) in [6, 6.07) is 15.7. The van der Waals surface area contributed by atoms with Gasteiger partial charge >= 0.3 is 0 Å². The minimum Gasteiger partial charge on any atom is -0.268 e. The van der Waals surface area contributed by atoms with Gasteiger partial charge in [0.25, 0.3) is 11.8 Å². The zero-order valence-electron chi connectivity index (χ0n) is 11.0. The average Bonchev–Trinajstić information content (AvgIpc) is 2.51. The predicted molar refractivity (Wildman–Crippen MR) is 82.5 cm³/mol. The van der Waals surface area contributed by atoms with E-state index in [2.05, 4.69) is 10.9 Å². The predicted octanol–water partition coefficient (Wildman–Crippen LogP) is 2.81. The fourth-order valence-corrected chi connectivity index (χ4v) is 1.80. The fraction of sp³-hybridized carbons (Fsp3) is 0. The second kappa shape index (κ2) is 7.26. The lowest BCUT2D eigenvalue weighted by Gasteiger charge is -2.04. The molecule has 0 atom stereocenters. The van der Waals surface area contributed by atoms with E-state index in [0.717, 1.165) is 5.56 Å². The van der Waals surface area contributed by atoms with Crippen LogP contribution in [0.2, 0.25) is 5.02 Å². The summed E-state index contributed by atoms with van der Waals surface area (Å²) < 4.78 is 0. The third-order valence-corrected chi connectivity index (χ3v) is 2.85. The fourth-order valence-electron chi connectivity index (χ4n) is 1.60. The Bertz CT molecular complexity index is 669. The number of benzene rings is 2. The molecule has 2 N–H and O–H groups in total. The van der Waals surface area contributed by atoms with Gasteiger partial charge in [-0.15, -0.1) is 0 Å². The van der Waals surface area contributed by atoms with E-state index >= 15 is 0 Å². The second-order valence-electron chi connectivity index (χ2n) is 4.20. The zero-order chi connectivity index (χ0) is 15.1. The molecule has 21 heavy (non-hydrogen) atoms. The summed E-state index contributed by atoms with van der Waals surface area (Å²) in [6.07, 6.45) is 2.92. The van der Waals surface area contributed by atoms with Crippen LogP contribution >= 0.6 is 11.6 Å². The van der Waals surface area contributed by atoms with Crippen LogP contribution in [0.5, 0.6) is 0 Å². The van der Waals surface area contributed by atoms with Gasteiger partial charge in [0, 0.05) is 16.7 Å². The van der Waals surface area contributed by atoms with E-state index < -0.39 is 5.91 Å². The number of halogens is 1. The summed E-state index contributed by atoms with van der Waals surface area (Å²) in [7, 11) is 0. The van der Waals surface area contributed by atoms with Crippen LogP contribution in [0.3, 0.4) is 0 Å².